The molecule has 0 heterocycles. The van der Waals surface area contributed by atoms with Gasteiger partial charge >= 0.3 is 5.97 Å². The van der Waals surface area contributed by atoms with Gasteiger partial charge in [-0.3, -0.25) is 15.0 Å². The zero-order valence-electron chi connectivity index (χ0n) is 18.0. The molecule has 0 aromatic heterocycles. The monoisotopic (exact) mass is 392 g/mol. The van der Waals surface area contributed by atoms with Gasteiger partial charge in [0.2, 0.25) is 0 Å². The van der Waals surface area contributed by atoms with Gasteiger partial charge in [-0.05, 0) is 73.1 Å². The van der Waals surface area contributed by atoms with Gasteiger partial charge in [-0.25, -0.2) is 0 Å². The number of carbonyl (C=O) groups is 1. The van der Waals surface area contributed by atoms with Crippen LogP contribution in [0.15, 0.2) is 54.6 Å². The molecule has 0 aliphatic heterocycles. The minimum absolute atomic E-state index is 0.263. The second-order valence-electron chi connectivity index (χ2n) is 8.05. The number of carbonyl (C=O) groups excluding carboxylic acids is 1. The maximum absolute atomic E-state index is 11.2. The summed E-state index contributed by atoms with van der Waals surface area (Å²) in [6.45, 7) is 11.1. The molecule has 0 bridgehead atoms. The molecule has 29 heavy (non-hydrogen) atoms. The highest BCUT2D eigenvalue weighted by Crippen LogP contribution is 2.29. The molecule has 0 spiro atoms. The molecule has 0 aliphatic rings. The van der Waals surface area contributed by atoms with Crippen LogP contribution in [0.3, 0.4) is 0 Å². The molecule has 0 fully saturated rings. The maximum Gasteiger partial charge on any atom is 0.304 e. The molecular formula is C25H32N2O2. The van der Waals surface area contributed by atoms with Crippen molar-refractivity contribution in [2.75, 3.05) is 19.6 Å². The van der Waals surface area contributed by atoms with E-state index in [0.717, 1.165) is 32.6 Å². The summed E-state index contributed by atoms with van der Waals surface area (Å²) in [7, 11) is 0. The van der Waals surface area contributed by atoms with Crippen LogP contribution >= 0.6 is 0 Å². The fraction of sp³-hybridized carbons (Fsp3) is 0.400. The standard InChI is InChI=1S/C25H32N2O2/c1-5-27(16-10-15-26-25(3,4)29-19(2)28)18-24-22-13-8-6-11-20(22)17-21-12-7-9-14-23(21)24/h6-9,11-14,17,26H,5,10,15-16,18H2,1-4H3. The number of benzene rings is 3. The lowest BCUT2D eigenvalue weighted by Gasteiger charge is -2.27. The Kier molecular flexibility index (Phi) is 6.88. The van der Waals surface area contributed by atoms with Gasteiger partial charge in [-0.15, -0.1) is 0 Å². The molecule has 0 amide bonds. The first-order chi connectivity index (χ1) is 13.9. The summed E-state index contributed by atoms with van der Waals surface area (Å²) in [5.41, 5.74) is 0.767. The summed E-state index contributed by atoms with van der Waals surface area (Å²) in [4.78, 5) is 13.7. The van der Waals surface area contributed by atoms with Gasteiger partial charge in [0, 0.05) is 13.5 Å². The van der Waals surface area contributed by atoms with Crippen LogP contribution < -0.4 is 5.32 Å². The minimum atomic E-state index is -0.630. The maximum atomic E-state index is 11.2. The fourth-order valence-corrected chi connectivity index (χ4v) is 3.94. The van der Waals surface area contributed by atoms with E-state index in [0.29, 0.717) is 0 Å². The van der Waals surface area contributed by atoms with Crippen molar-refractivity contribution in [1.29, 1.82) is 0 Å². The Morgan fingerprint density at radius 1 is 1.03 bits per heavy atom. The smallest absolute Gasteiger partial charge is 0.304 e. The van der Waals surface area contributed by atoms with Crippen molar-refractivity contribution in [1.82, 2.24) is 10.2 Å². The van der Waals surface area contributed by atoms with Gasteiger partial charge in [0.05, 0.1) is 0 Å². The van der Waals surface area contributed by atoms with E-state index in [4.69, 9.17) is 4.74 Å². The van der Waals surface area contributed by atoms with Crippen LogP contribution in [-0.2, 0) is 16.1 Å². The van der Waals surface area contributed by atoms with Crippen molar-refractivity contribution in [2.45, 2.75) is 46.4 Å². The molecule has 4 heteroatoms. The average molecular weight is 393 g/mol. The molecule has 4 nitrogen and oxygen atoms in total. The summed E-state index contributed by atoms with van der Waals surface area (Å²) in [6, 6.07) is 19.6. The number of rotatable bonds is 9. The Morgan fingerprint density at radius 2 is 1.62 bits per heavy atom. The molecular weight excluding hydrogens is 360 g/mol. The quantitative estimate of drug-likeness (QED) is 0.238. The molecule has 154 valence electrons. The first-order valence-electron chi connectivity index (χ1n) is 10.5. The molecule has 0 radical (unpaired) electrons. The van der Waals surface area contributed by atoms with E-state index in [9.17, 15) is 4.79 Å². The molecule has 3 rings (SSSR count). The Labute approximate surface area is 173 Å². The van der Waals surface area contributed by atoms with E-state index < -0.39 is 5.72 Å². The van der Waals surface area contributed by atoms with Crippen molar-refractivity contribution in [3.63, 3.8) is 0 Å². The van der Waals surface area contributed by atoms with Gasteiger partial charge in [0.1, 0.15) is 0 Å². The highest BCUT2D eigenvalue weighted by molar-refractivity contribution is 6.02. The van der Waals surface area contributed by atoms with Crippen molar-refractivity contribution in [3.8, 4) is 0 Å². The van der Waals surface area contributed by atoms with Gasteiger partial charge < -0.3 is 4.74 Å². The summed E-state index contributed by atoms with van der Waals surface area (Å²) >= 11 is 0. The molecule has 3 aromatic carbocycles. The van der Waals surface area contributed by atoms with E-state index in [1.807, 2.05) is 13.8 Å². The molecule has 0 saturated carbocycles. The van der Waals surface area contributed by atoms with Gasteiger partial charge in [0.15, 0.2) is 5.72 Å². The highest BCUT2D eigenvalue weighted by Gasteiger charge is 2.19. The lowest BCUT2D eigenvalue weighted by Crippen LogP contribution is -2.44. The lowest BCUT2D eigenvalue weighted by atomic mass is 9.96. The third-order valence-corrected chi connectivity index (χ3v) is 5.31. The number of nitrogens with zero attached hydrogens (tertiary/aromatic N) is 1. The number of nitrogens with one attached hydrogen (secondary N) is 1. The molecule has 0 aliphatic carbocycles. The van der Waals surface area contributed by atoms with Crippen LogP contribution in [0, 0.1) is 0 Å². The second kappa shape index (κ2) is 9.38. The molecule has 3 aromatic rings. The summed E-state index contributed by atoms with van der Waals surface area (Å²) in [6.07, 6.45) is 0.987. The van der Waals surface area contributed by atoms with Crippen LogP contribution in [0.2, 0.25) is 0 Å². The Hall–Kier alpha value is -2.43. The zero-order valence-corrected chi connectivity index (χ0v) is 18.0. The third-order valence-electron chi connectivity index (χ3n) is 5.31. The highest BCUT2D eigenvalue weighted by atomic mass is 16.6. The van der Waals surface area contributed by atoms with Crippen LogP contribution in [0.4, 0.5) is 0 Å². The lowest BCUT2D eigenvalue weighted by molar-refractivity contribution is -0.156. The number of ether oxygens (including phenoxy) is 1. The third kappa shape index (κ3) is 5.55. The second-order valence-corrected chi connectivity index (χ2v) is 8.05. The predicted octanol–water partition coefficient (Wildman–Crippen LogP) is 5.09. The number of hydrogen-bond acceptors (Lipinski definition) is 4. The Bertz CT molecular complexity index is 927. The van der Waals surface area contributed by atoms with E-state index >= 15 is 0 Å². The average Bonchev–Trinajstić information content (AvgIpc) is 2.68. The number of fused-ring (bicyclic) bond motifs is 2. The van der Waals surface area contributed by atoms with Crippen LogP contribution in [0.5, 0.6) is 0 Å². The van der Waals surface area contributed by atoms with E-state index in [-0.39, 0.29) is 5.97 Å². The summed E-state index contributed by atoms with van der Waals surface area (Å²) in [5, 5.41) is 8.57. The van der Waals surface area contributed by atoms with Crippen LogP contribution in [-0.4, -0.2) is 36.2 Å². The minimum Gasteiger partial charge on any atom is -0.445 e. The van der Waals surface area contributed by atoms with Crippen molar-refractivity contribution < 1.29 is 9.53 Å². The van der Waals surface area contributed by atoms with Gasteiger partial charge in [0.25, 0.3) is 0 Å². The van der Waals surface area contributed by atoms with Crippen molar-refractivity contribution in [2.24, 2.45) is 0 Å². The van der Waals surface area contributed by atoms with Gasteiger partial charge in [-0.1, -0.05) is 55.5 Å². The van der Waals surface area contributed by atoms with Crippen molar-refractivity contribution in [3.05, 3.63) is 60.2 Å². The Balaban J connectivity index is 1.72. The molecule has 0 atom stereocenters. The summed E-state index contributed by atoms with van der Waals surface area (Å²) in [5.74, 6) is -0.263. The molecule has 1 N–H and O–H groups in total. The zero-order chi connectivity index (χ0) is 20.9. The first-order valence-corrected chi connectivity index (χ1v) is 10.5. The topological polar surface area (TPSA) is 41.6 Å². The number of esters is 1. The van der Waals surface area contributed by atoms with Crippen LogP contribution in [0.25, 0.3) is 21.5 Å². The Morgan fingerprint density at radius 3 is 2.17 bits per heavy atom. The van der Waals surface area contributed by atoms with Crippen LogP contribution in [0.1, 0.15) is 39.7 Å². The van der Waals surface area contributed by atoms with E-state index in [1.165, 1.54) is 34.0 Å². The predicted molar refractivity (Wildman–Crippen MR) is 121 cm³/mol. The van der Waals surface area contributed by atoms with E-state index in [1.54, 1.807) is 0 Å². The van der Waals surface area contributed by atoms with Crippen molar-refractivity contribution >= 4 is 27.5 Å². The number of hydrogen-bond donors (Lipinski definition) is 1. The normalized spacial score (nSPS) is 12.0. The SMILES string of the molecule is CCN(CCCNC(C)(C)OC(C)=O)Cc1c2ccccc2cc2ccccc12. The molecule has 0 unspecified atom stereocenters. The summed E-state index contributed by atoms with van der Waals surface area (Å²) < 4.78 is 5.30. The molecule has 0 saturated heterocycles. The van der Waals surface area contributed by atoms with E-state index in [2.05, 4.69) is 71.7 Å². The first kappa shape index (κ1) is 21.3. The fourth-order valence-electron chi connectivity index (χ4n) is 3.94. The largest absolute Gasteiger partial charge is 0.445 e. The van der Waals surface area contributed by atoms with Gasteiger partial charge in [-0.2, -0.15) is 0 Å².